The van der Waals surface area contributed by atoms with E-state index in [1.54, 1.807) is 25.1 Å². The molecule has 0 saturated heterocycles. The highest BCUT2D eigenvalue weighted by molar-refractivity contribution is 6.31. The summed E-state index contributed by atoms with van der Waals surface area (Å²) in [6.45, 7) is 1.75. The number of benzene rings is 2. The molecule has 0 fully saturated rings. The molecule has 128 valence electrons. The van der Waals surface area contributed by atoms with Crippen LogP contribution < -0.4 is 5.32 Å². The third-order valence-electron chi connectivity index (χ3n) is 3.75. The first-order valence-electron chi connectivity index (χ1n) is 7.71. The molecule has 0 unspecified atom stereocenters. The number of furan rings is 1. The minimum Gasteiger partial charge on any atom is -0.450 e. The van der Waals surface area contributed by atoms with Crippen molar-refractivity contribution in [1.82, 2.24) is 5.32 Å². The minimum absolute atomic E-state index is 0.0770. The van der Waals surface area contributed by atoms with Crippen molar-refractivity contribution in [3.05, 3.63) is 70.4 Å². The van der Waals surface area contributed by atoms with Crippen molar-refractivity contribution in [1.29, 1.82) is 0 Å². The molecule has 0 radical (unpaired) electrons. The molecule has 25 heavy (non-hydrogen) atoms. The van der Waals surface area contributed by atoms with Crippen LogP contribution in [0.25, 0.3) is 11.0 Å². The molecule has 6 heteroatoms. The molecule has 1 aromatic heterocycles. The molecular weight excluding hydrogens is 342 g/mol. The monoisotopic (exact) mass is 357 g/mol. The average molecular weight is 358 g/mol. The summed E-state index contributed by atoms with van der Waals surface area (Å²) in [4.78, 5) is 24.0. The Labute approximate surface area is 149 Å². The van der Waals surface area contributed by atoms with Crippen LogP contribution in [0.4, 0.5) is 0 Å². The van der Waals surface area contributed by atoms with Gasteiger partial charge in [0, 0.05) is 22.5 Å². The van der Waals surface area contributed by atoms with Gasteiger partial charge in [-0.1, -0.05) is 41.9 Å². The predicted molar refractivity (Wildman–Crippen MR) is 94.5 cm³/mol. The highest BCUT2D eigenvalue weighted by Crippen LogP contribution is 2.28. The van der Waals surface area contributed by atoms with Crippen LogP contribution in [0.3, 0.4) is 0 Å². The number of nitrogens with one attached hydrogen (secondary N) is 1. The largest absolute Gasteiger partial charge is 0.450 e. The predicted octanol–water partition coefficient (Wildman–Crippen LogP) is 3.87. The van der Waals surface area contributed by atoms with Gasteiger partial charge in [-0.3, -0.25) is 4.79 Å². The van der Waals surface area contributed by atoms with Crippen molar-refractivity contribution in [2.45, 2.75) is 13.5 Å². The lowest BCUT2D eigenvalue weighted by Crippen LogP contribution is -2.28. The molecule has 0 aliphatic carbocycles. The van der Waals surface area contributed by atoms with Gasteiger partial charge in [-0.15, -0.1) is 0 Å². The zero-order valence-electron chi connectivity index (χ0n) is 13.5. The van der Waals surface area contributed by atoms with Gasteiger partial charge in [0.25, 0.3) is 5.91 Å². The lowest BCUT2D eigenvalue weighted by Gasteiger charge is -2.06. The molecule has 1 heterocycles. The second-order valence-electron chi connectivity index (χ2n) is 5.54. The van der Waals surface area contributed by atoms with Crippen molar-refractivity contribution in [3.8, 4) is 0 Å². The summed E-state index contributed by atoms with van der Waals surface area (Å²) in [6.07, 6.45) is 0. The van der Waals surface area contributed by atoms with Crippen LogP contribution in [-0.2, 0) is 16.1 Å². The molecule has 0 bridgehead atoms. The average Bonchev–Trinajstić information content (AvgIpc) is 2.95. The Hall–Kier alpha value is -2.79. The van der Waals surface area contributed by atoms with Gasteiger partial charge in [0.2, 0.25) is 5.76 Å². The summed E-state index contributed by atoms with van der Waals surface area (Å²) in [7, 11) is 0. The molecule has 0 aliphatic heterocycles. The molecule has 2 aromatic carbocycles. The molecule has 3 aromatic rings. The van der Waals surface area contributed by atoms with Crippen molar-refractivity contribution < 1.29 is 18.7 Å². The number of esters is 1. The van der Waals surface area contributed by atoms with Crippen LogP contribution in [-0.4, -0.2) is 18.5 Å². The number of hydrogen-bond acceptors (Lipinski definition) is 4. The summed E-state index contributed by atoms with van der Waals surface area (Å²) in [5.74, 6) is -0.984. The highest BCUT2D eigenvalue weighted by Gasteiger charge is 2.20. The number of carbonyl (C=O) groups is 2. The normalized spacial score (nSPS) is 10.6. The van der Waals surface area contributed by atoms with Crippen molar-refractivity contribution in [2.24, 2.45) is 0 Å². The van der Waals surface area contributed by atoms with Crippen LogP contribution in [0.1, 0.15) is 21.7 Å². The first-order valence-corrected chi connectivity index (χ1v) is 8.09. The molecular formula is C19H16ClNO4. The van der Waals surface area contributed by atoms with E-state index in [0.29, 0.717) is 22.7 Å². The summed E-state index contributed by atoms with van der Waals surface area (Å²) in [5.41, 5.74) is 2.14. The Bertz CT molecular complexity index is 918. The fraction of sp³-hybridized carbons (Fsp3) is 0.158. The van der Waals surface area contributed by atoms with E-state index >= 15 is 0 Å². The Balaban J connectivity index is 1.59. The number of carbonyl (C=O) groups excluding carboxylic acids is 2. The first kappa shape index (κ1) is 17.0. The van der Waals surface area contributed by atoms with Gasteiger partial charge in [0.1, 0.15) is 5.58 Å². The van der Waals surface area contributed by atoms with Crippen molar-refractivity contribution >= 4 is 34.4 Å². The van der Waals surface area contributed by atoms with Crippen LogP contribution in [0, 0.1) is 6.92 Å². The molecule has 1 amide bonds. The number of halogens is 1. The van der Waals surface area contributed by atoms with E-state index in [4.69, 9.17) is 20.8 Å². The van der Waals surface area contributed by atoms with E-state index in [0.717, 1.165) is 10.9 Å². The Kier molecular flexibility index (Phi) is 5.05. The lowest BCUT2D eigenvalue weighted by atomic mass is 10.1. The quantitative estimate of drug-likeness (QED) is 0.704. The van der Waals surface area contributed by atoms with Gasteiger partial charge in [-0.25, -0.2) is 4.79 Å². The standard InChI is InChI=1S/C19H16ClNO4/c1-12-15-9-14(20)7-8-16(15)25-18(12)19(23)24-11-17(22)21-10-13-5-3-2-4-6-13/h2-9H,10-11H2,1H3,(H,21,22). The first-order chi connectivity index (χ1) is 12.0. The third kappa shape index (κ3) is 4.00. The molecule has 0 saturated carbocycles. The van der Waals surface area contributed by atoms with Crippen LogP contribution in [0.2, 0.25) is 5.02 Å². The Morgan fingerprint density at radius 2 is 1.92 bits per heavy atom. The Morgan fingerprint density at radius 3 is 2.68 bits per heavy atom. The maximum atomic E-state index is 12.2. The van der Waals surface area contributed by atoms with Gasteiger partial charge in [0.05, 0.1) is 0 Å². The van der Waals surface area contributed by atoms with E-state index in [1.807, 2.05) is 30.3 Å². The fourth-order valence-electron chi connectivity index (χ4n) is 2.43. The number of hydrogen-bond donors (Lipinski definition) is 1. The zero-order valence-corrected chi connectivity index (χ0v) is 14.3. The van der Waals surface area contributed by atoms with Crippen LogP contribution in [0.15, 0.2) is 52.9 Å². The molecule has 0 spiro atoms. The number of ether oxygens (including phenoxy) is 1. The van der Waals surface area contributed by atoms with Gasteiger partial charge in [-0.05, 0) is 30.7 Å². The lowest BCUT2D eigenvalue weighted by molar-refractivity contribution is -0.124. The number of rotatable bonds is 5. The maximum Gasteiger partial charge on any atom is 0.375 e. The van der Waals surface area contributed by atoms with Crippen molar-refractivity contribution in [2.75, 3.05) is 6.61 Å². The number of amides is 1. The minimum atomic E-state index is -0.681. The summed E-state index contributed by atoms with van der Waals surface area (Å²) in [6, 6.07) is 14.6. The molecule has 5 nitrogen and oxygen atoms in total. The van der Waals surface area contributed by atoms with E-state index in [2.05, 4.69) is 5.32 Å². The highest BCUT2D eigenvalue weighted by atomic mass is 35.5. The zero-order chi connectivity index (χ0) is 17.8. The maximum absolute atomic E-state index is 12.2. The number of aryl methyl sites for hydroxylation is 1. The topological polar surface area (TPSA) is 68.5 Å². The van der Waals surface area contributed by atoms with Gasteiger partial charge in [-0.2, -0.15) is 0 Å². The molecule has 3 rings (SSSR count). The van der Waals surface area contributed by atoms with Gasteiger partial charge in [0.15, 0.2) is 6.61 Å². The van der Waals surface area contributed by atoms with Gasteiger partial charge >= 0.3 is 5.97 Å². The number of fused-ring (bicyclic) bond motifs is 1. The SMILES string of the molecule is Cc1c(C(=O)OCC(=O)NCc2ccccc2)oc2ccc(Cl)cc12. The second kappa shape index (κ2) is 7.40. The van der Waals surface area contributed by atoms with Crippen LogP contribution >= 0.6 is 11.6 Å². The second-order valence-corrected chi connectivity index (χ2v) is 5.97. The summed E-state index contributed by atoms with van der Waals surface area (Å²) in [5, 5.41) is 3.99. The summed E-state index contributed by atoms with van der Waals surface area (Å²) < 4.78 is 10.6. The third-order valence-corrected chi connectivity index (χ3v) is 3.99. The van der Waals surface area contributed by atoms with E-state index < -0.39 is 5.97 Å². The molecule has 0 atom stereocenters. The smallest absolute Gasteiger partial charge is 0.375 e. The molecule has 0 aliphatic rings. The van der Waals surface area contributed by atoms with E-state index in [9.17, 15) is 9.59 Å². The van der Waals surface area contributed by atoms with Crippen LogP contribution in [0.5, 0.6) is 0 Å². The van der Waals surface area contributed by atoms with Gasteiger partial charge < -0.3 is 14.5 Å². The fourth-order valence-corrected chi connectivity index (χ4v) is 2.60. The molecule has 1 N–H and O–H groups in total. The summed E-state index contributed by atoms with van der Waals surface area (Å²) >= 11 is 5.96. The van der Waals surface area contributed by atoms with Crippen molar-refractivity contribution in [3.63, 3.8) is 0 Å². The van der Waals surface area contributed by atoms with E-state index in [1.165, 1.54) is 0 Å². The van der Waals surface area contributed by atoms with E-state index in [-0.39, 0.29) is 18.3 Å². The Morgan fingerprint density at radius 1 is 1.16 bits per heavy atom.